The molecule has 0 spiro atoms. The number of aliphatic hydroxyl groups is 1. The maximum Gasteiger partial charge on any atom is 0.311 e. The van der Waals surface area contributed by atoms with Gasteiger partial charge < -0.3 is 14.7 Å². The van der Waals surface area contributed by atoms with Crippen LogP contribution in [0.2, 0.25) is 5.02 Å². The largest absolute Gasteiger partial charge is 0.469 e. The van der Waals surface area contributed by atoms with Gasteiger partial charge in [-0.2, -0.15) is 0 Å². The van der Waals surface area contributed by atoms with Gasteiger partial charge in [-0.1, -0.05) is 23.7 Å². The minimum absolute atomic E-state index is 0.1000. The number of hydrogen-bond donors (Lipinski definition) is 1. The van der Waals surface area contributed by atoms with Crippen molar-refractivity contribution in [2.45, 2.75) is 13.0 Å². The number of benzene rings is 1. The summed E-state index contributed by atoms with van der Waals surface area (Å²) < 4.78 is 4.65. The van der Waals surface area contributed by atoms with E-state index < -0.39 is 11.9 Å². The Balaban J connectivity index is 2.33. The monoisotopic (exact) mass is 283 g/mol. The van der Waals surface area contributed by atoms with Crippen LogP contribution in [-0.2, 0) is 20.9 Å². The van der Waals surface area contributed by atoms with Crippen LogP contribution < -0.4 is 4.90 Å². The normalized spacial score (nSPS) is 18.8. The third kappa shape index (κ3) is 2.57. The zero-order chi connectivity index (χ0) is 14.0. The second kappa shape index (κ2) is 5.59. The zero-order valence-electron chi connectivity index (χ0n) is 10.4. The molecule has 1 saturated heterocycles. The van der Waals surface area contributed by atoms with Gasteiger partial charge in [-0.05, 0) is 6.07 Å². The van der Waals surface area contributed by atoms with Crippen LogP contribution in [-0.4, -0.2) is 30.6 Å². The summed E-state index contributed by atoms with van der Waals surface area (Å²) in [5.41, 5.74) is 1.04. The Hall–Kier alpha value is -1.59. The molecule has 0 aliphatic carbocycles. The first-order valence-corrected chi connectivity index (χ1v) is 6.22. The molecule has 2 rings (SSSR count). The van der Waals surface area contributed by atoms with E-state index in [2.05, 4.69) is 4.74 Å². The fourth-order valence-corrected chi connectivity index (χ4v) is 2.53. The van der Waals surface area contributed by atoms with Crippen LogP contribution in [0.4, 0.5) is 5.69 Å². The molecule has 0 aromatic heterocycles. The van der Waals surface area contributed by atoms with Crippen molar-refractivity contribution < 1.29 is 19.4 Å². The van der Waals surface area contributed by atoms with Crippen LogP contribution in [0.1, 0.15) is 12.0 Å². The summed E-state index contributed by atoms with van der Waals surface area (Å²) >= 11 is 6.09. The van der Waals surface area contributed by atoms with Gasteiger partial charge in [0.1, 0.15) is 0 Å². The lowest BCUT2D eigenvalue weighted by atomic mass is 10.1. The Morgan fingerprint density at radius 3 is 2.95 bits per heavy atom. The van der Waals surface area contributed by atoms with Crippen molar-refractivity contribution in [3.63, 3.8) is 0 Å². The van der Waals surface area contributed by atoms with E-state index in [9.17, 15) is 14.7 Å². The Morgan fingerprint density at radius 2 is 2.32 bits per heavy atom. The molecule has 1 aromatic rings. The number of methoxy groups -OCH3 is 1. The molecule has 1 unspecified atom stereocenters. The van der Waals surface area contributed by atoms with E-state index in [0.717, 1.165) is 0 Å². The summed E-state index contributed by atoms with van der Waals surface area (Å²) in [4.78, 5) is 24.9. The van der Waals surface area contributed by atoms with E-state index in [-0.39, 0.29) is 25.5 Å². The highest BCUT2D eigenvalue weighted by Gasteiger charge is 2.37. The van der Waals surface area contributed by atoms with Crippen LogP contribution in [0.5, 0.6) is 0 Å². The SMILES string of the molecule is COC(=O)C1CC(=O)N(c2c(Cl)cccc2CO)C1. The predicted molar refractivity (Wildman–Crippen MR) is 69.9 cm³/mol. The summed E-state index contributed by atoms with van der Waals surface area (Å²) in [6.07, 6.45) is 0.1000. The van der Waals surface area contributed by atoms with Gasteiger partial charge in [0.25, 0.3) is 0 Å². The van der Waals surface area contributed by atoms with E-state index >= 15 is 0 Å². The number of carbonyl (C=O) groups is 2. The molecule has 5 nitrogen and oxygen atoms in total. The average Bonchev–Trinajstić information content (AvgIpc) is 2.79. The first kappa shape index (κ1) is 13.8. The van der Waals surface area contributed by atoms with Crippen molar-refractivity contribution >= 4 is 29.2 Å². The average molecular weight is 284 g/mol. The maximum absolute atomic E-state index is 12.0. The summed E-state index contributed by atoms with van der Waals surface area (Å²) in [5, 5.41) is 9.70. The Bertz CT molecular complexity index is 517. The summed E-state index contributed by atoms with van der Waals surface area (Å²) in [5.74, 6) is -1.09. The van der Waals surface area contributed by atoms with Crippen LogP contribution in [0.15, 0.2) is 18.2 Å². The zero-order valence-corrected chi connectivity index (χ0v) is 11.2. The predicted octanol–water partition coefficient (Wildman–Crippen LogP) is 1.36. The maximum atomic E-state index is 12.0. The van der Waals surface area contributed by atoms with Gasteiger partial charge in [-0.3, -0.25) is 9.59 Å². The van der Waals surface area contributed by atoms with Gasteiger partial charge in [0.05, 0.1) is 30.3 Å². The number of para-hydroxylation sites is 1. The van der Waals surface area contributed by atoms with Gasteiger partial charge in [0, 0.05) is 18.5 Å². The number of halogens is 1. The molecule has 1 aliphatic rings. The number of esters is 1. The van der Waals surface area contributed by atoms with E-state index in [0.29, 0.717) is 16.3 Å². The number of amides is 1. The number of aliphatic hydroxyl groups excluding tert-OH is 1. The molecule has 1 amide bonds. The Kier molecular flexibility index (Phi) is 4.07. The molecule has 6 heteroatoms. The fourth-order valence-electron chi connectivity index (χ4n) is 2.24. The number of anilines is 1. The van der Waals surface area contributed by atoms with Crippen LogP contribution in [0.25, 0.3) is 0 Å². The van der Waals surface area contributed by atoms with Crippen LogP contribution in [0, 0.1) is 5.92 Å². The quantitative estimate of drug-likeness (QED) is 0.851. The number of rotatable bonds is 3. The minimum atomic E-state index is -0.486. The molecular weight excluding hydrogens is 270 g/mol. The molecule has 19 heavy (non-hydrogen) atoms. The van der Waals surface area contributed by atoms with E-state index in [1.165, 1.54) is 12.0 Å². The molecule has 1 aromatic carbocycles. The smallest absolute Gasteiger partial charge is 0.311 e. The number of carbonyl (C=O) groups excluding carboxylic acids is 2. The lowest BCUT2D eigenvalue weighted by molar-refractivity contribution is -0.145. The van der Waals surface area contributed by atoms with E-state index in [1.54, 1.807) is 18.2 Å². The topological polar surface area (TPSA) is 66.8 Å². The van der Waals surface area contributed by atoms with E-state index in [4.69, 9.17) is 11.6 Å². The second-order valence-corrected chi connectivity index (χ2v) is 4.74. The van der Waals surface area contributed by atoms with E-state index in [1.807, 2.05) is 0 Å². The van der Waals surface area contributed by atoms with Crippen molar-refractivity contribution in [3.8, 4) is 0 Å². The third-order valence-corrected chi connectivity index (χ3v) is 3.48. The Morgan fingerprint density at radius 1 is 1.58 bits per heavy atom. The number of hydrogen-bond acceptors (Lipinski definition) is 4. The summed E-state index contributed by atoms with van der Waals surface area (Å²) in [6, 6.07) is 5.05. The first-order chi connectivity index (χ1) is 9.08. The molecule has 0 bridgehead atoms. The summed E-state index contributed by atoms with van der Waals surface area (Å²) in [6.45, 7) is 0.00477. The van der Waals surface area contributed by atoms with Gasteiger partial charge in [-0.25, -0.2) is 0 Å². The van der Waals surface area contributed by atoms with Crippen LogP contribution >= 0.6 is 11.6 Å². The lowest BCUT2D eigenvalue weighted by Gasteiger charge is -2.20. The Labute approximate surface area is 115 Å². The minimum Gasteiger partial charge on any atom is -0.469 e. The molecule has 0 saturated carbocycles. The number of nitrogens with zero attached hydrogens (tertiary/aromatic N) is 1. The second-order valence-electron chi connectivity index (χ2n) is 4.33. The molecule has 1 N–H and O–H groups in total. The highest BCUT2D eigenvalue weighted by atomic mass is 35.5. The first-order valence-electron chi connectivity index (χ1n) is 5.85. The van der Waals surface area contributed by atoms with Crippen molar-refractivity contribution in [1.82, 2.24) is 0 Å². The van der Waals surface area contributed by atoms with Gasteiger partial charge in [0.2, 0.25) is 5.91 Å². The molecule has 1 heterocycles. The molecule has 102 valence electrons. The standard InChI is InChI=1S/C13H14ClNO4/c1-19-13(18)9-5-11(17)15(6-9)12-8(7-16)3-2-4-10(12)14/h2-4,9,16H,5-7H2,1H3. The number of ether oxygens (including phenoxy) is 1. The van der Waals surface area contributed by atoms with Crippen molar-refractivity contribution in [2.75, 3.05) is 18.6 Å². The molecular formula is C13H14ClNO4. The van der Waals surface area contributed by atoms with Crippen LogP contribution in [0.3, 0.4) is 0 Å². The third-order valence-electron chi connectivity index (χ3n) is 3.17. The molecule has 1 fully saturated rings. The summed E-state index contributed by atoms with van der Waals surface area (Å²) in [7, 11) is 1.30. The molecule has 0 radical (unpaired) electrons. The highest BCUT2D eigenvalue weighted by molar-refractivity contribution is 6.34. The highest BCUT2D eigenvalue weighted by Crippen LogP contribution is 2.34. The van der Waals surface area contributed by atoms with Gasteiger partial charge in [0.15, 0.2) is 0 Å². The van der Waals surface area contributed by atoms with Crippen molar-refractivity contribution in [1.29, 1.82) is 0 Å². The molecule has 1 aliphatic heterocycles. The fraction of sp³-hybridized carbons (Fsp3) is 0.385. The van der Waals surface area contributed by atoms with Crippen molar-refractivity contribution in [2.24, 2.45) is 5.92 Å². The van der Waals surface area contributed by atoms with Crippen molar-refractivity contribution in [3.05, 3.63) is 28.8 Å². The van der Waals surface area contributed by atoms with Gasteiger partial charge >= 0.3 is 5.97 Å². The molecule has 1 atom stereocenters. The van der Waals surface area contributed by atoms with Gasteiger partial charge in [-0.15, -0.1) is 0 Å². The lowest BCUT2D eigenvalue weighted by Crippen LogP contribution is -2.27.